The van der Waals surface area contributed by atoms with E-state index in [0.29, 0.717) is 6.61 Å². The lowest BCUT2D eigenvalue weighted by atomic mass is 10.2. The van der Waals surface area contributed by atoms with Gasteiger partial charge >= 0.3 is 0 Å². The Balaban J connectivity index is 1.58. The Morgan fingerprint density at radius 2 is 1.58 bits per heavy atom. The van der Waals surface area contributed by atoms with Crippen LogP contribution < -0.4 is 10.1 Å². The van der Waals surface area contributed by atoms with Crippen molar-refractivity contribution in [2.45, 2.75) is 39.3 Å². The maximum atomic E-state index is 5.80. The monoisotopic (exact) mass is 327 g/mol. The lowest BCUT2D eigenvalue weighted by molar-refractivity contribution is 0.129. The molecular weight excluding hydrogens is 298 g/mol. The van der Waals surface area contributed by atoms with Crippen LogP contribution in [0.25, 0.3) is 0 Å². The normalized spacial score (nSPS) is 10.7. The first-order chi connectivity index (χ1) is 11.9. The second-order valence-corrected chi connectivity index (χ2v) is 5.91. The Labute approximate surface area is 146 Å². The summed E-state index contributed by atoms with van der Waals surface area (Å²) in [5, 5.41) is 3.45. The summed E-state index contributed by atoms with van der Waals surface area (Å²) in [6.07, 6.45) is 3.41. The van der Waals surface area contributed by atoms with Gasteiger partial charge < -0.3 is 14.8 Å². The summed E-state index contributed by atoms with van der Waals surface area (Å²) < 4.78 is 11.3. The van der Waals surface area contributed by atoms with E-state index in [-0.39, 0.29) is 0 Å². The summed E-state index contributed by atoms with van der Waals surface area (Å²) >= 11 is 0. The molecular formula is C21H29NO2. The molecule has 24 heavy (non-hydrogen) atoms. The lowest BCUT2D eigenvalue weighted by Gasteiger charge is -2.08. The second kappa shape index (κ2) is 11.7. The van der Waals surface area contributed by atoms with Crippen molar-refractivity contribution >= 4 is 0 Å². The molecule has 2 aromatic rings. The highest BCUT2D eigenvalue weighted by molar-refractivity contribution is 5.27. The zero-order valence-corrected chi connectivity index (χ0v) is 14.7. The molecule has 3 nitrogen and oxygen atoms in total. The Morgan fingerprint density at radius 3 is 2.33 bits per heavy atom. The van der Waals surface area contributed by atoms with Crippen molar-refractivity contribution in [3.8, 4) is 5.75 Å². The van der Waals surface area contributed by atoms with Gasteiger partial charge in [-0.15, -0.1) is 0 Å². The molecule has 0 aromatic heterocycles. The molecule has 0 aliphatic heterocycles. The Morgan fingerprint density at radius 1 is 0.833 bits per heavy atom. The van der Waals surface area contributed by atoms with Crippen molar-refractivity contribution < 1.29 is 9.47 Å². The van der Waals surface area contributed by atoms with Crippen LogP contribution in [0.3, 0.4) is 0 Å². The van der Waals surface area contributed by atoms with E-state index in [0.717, 1.165) is 44.9 Å². The van der Waals surface area contributed by atoms with Crippen LogP contribution in [0, 0.1) is 0 Å². The van der Waals surface area contributed by atoms with Gasteiger partial charge in [-0.3, -0.25) is 0 Å². The summed E-state index contributed by atoms with van der Waals surface area (Å²) in [5.41, 5.74) is 2.46. The number of hydrogen-bond donors (Lipinski definition) is 1. The number of benzene rings is 2. The molecule has 0 heterocycles. The maximum absolute atomic E-state index is 5.80. The summed E-state index contributed by atoms with van der Waals surface area (Å²) in [6, 6.07) is 18.5. The van der Waals surface area contributed by atoms with E-state index in [1.807, 2.05) is 30.3 Å². The molecule has 0 atom stereocenters. The standard InChI is InChI=1S/C21H29NO2/c1-2-3-15-23-16-7-14-22-17-19-10-12-21(13-11-19)24-18-20-8-5-4-6-9-20/h4-6,8-13,22H,2-3,7,14-18H2,1H3. The van der Waals surface area contributed by atoms with Gasteiger partial charge in [-0.25, -0.2) is 0 Å². The summed E-state index contributed by atoms with van der Waals surface area (Å²) in [5.74, 6) is 0.909. The van der Waals surface area contributed by atoms with Gasteiger partial charge in [0.1, 0.15) is 12.4 Å². The van der Waals surface area contributed by atoms with Gasteiger partial charge in [0.2, 0.25) is 0 Å². The molecule has 0 saturated heterocycles. The van der Waals surface area contributed by atoms with E-state index in [2.05, 4.69) is 36.5 Å². The third-order valence-corrected chi connectivity index (χ3v) is 3.79. The van der Waals surface area contributed by atoms with Gasteiger partial charge in [0.25, 0.3) is 0 Å². The van der Waals surface area contributed by atoms with Gasteiger partial charge in [0.15, 0.2) is 0 Å². The van der Waals surface area contributed by atoms with Crippen molar-refractivity contribution in [3.05, 3.63) is 65.7 Å². The fourth-order valence-electron chi connectivity index (χ4n) is 2.32. The number of unbranched alkanes of at least 4 members (excludes halogenated alkanes) is 1. The van der Waals surface area contributed by atoms with Crippen molar-refractivity contribution in [2.24, 2.45) is 0 Å². The van der Waals surface area contributed by atoms with Crippen LogP contribution in [0.15, 0.2) is 54.6 Å². The molecule has 2 rings (SSSR count). The summed E-state index contributed by atoms with van der Waals surface area (Å²) in [7, 11) is 0. The third-order valence-electron chi connectivity index (χ3n) is 3.79. The van der Waals surface area contributed by atoms with Gasteiger partial charge in [0, 0.05) is 19.8 Å². The smallest absolute Gasteiger partial charge is 0.119 e. The quantitative estimate of drug-likeness (QED) is 0.580. The predicted octanol–water partition coefficient (Wildman–Crippen LogP) is 4.56. The molecule has 0 spiro atoms. The largest absolute Gasteiger partial charge is 0.489 e. The molecule has 1 N–H and O–H groups in total. The first-order valence-electron chi connectivity index (χ1n) is 8.92. The van der Waals surface area contributed by atoms with Crippen LogP contribution >= 0.6 is 0 Å². The molecule has 0 unspecified atom stereocenters. The zero-order chi connectivity index (χ0) is 16.9. The number of nitrogens with one attached hydrogen (secondary N) is 1. The SMILES string of the molecule is CCCCOCCCNCc1ccc(OCc2ccccc2)cc1. The highest BCUT2D eigenvalue weighted by Crippen LogP contribution is 2.14. The van der Waals surface area contributed by atoms with Gasteiger partial charge in [-0.2, -0.15) is 0 Å². The number of rotatable bonds is 12. The minimum absolute atomic E-state index is 0.608. The maximum Gasteiger partial charge on any atom is 0.119 e. The summed E-state index contributed by atoms with van der Waals surface area (Å²) in [6.45, 7) is 6.39. The lowest BCUT2D eigenvalue weighted by Crippen LogP contribution is -2.16. The molecule has 0 radical (unpaired) electrons. The highest BCUT2D eigenvalue weighted by Gasteiger charge is 1.97. The van der Waals surface area contributed by atoms with Crippen molar-refractivity contribution in [1.82, 2.24) is 5.32 Å². The van der Waals surface area contributed by atoms with Crippen LogP contribution in [0.4, 0.5) is 0 Å². The Kier molecular flexibility index (Phi) is 8.99. The van der Waals surface area contributed by atoms with Crippen molar-refractivity contribution in [1.29, 1.82) is 0 Å². The minimum Gasteiger partial charge on any atom is -0.489 e. The minimum atomic E-state index is 0.608. The van der Waals surface area contributed by atoms with Crippen LogP contribution in [-0.4, -0.2) is 19.8 Å². The van der Waals surface area contributed by atoms with Crippen LogP contribution in [0.1, 0.15) is 37.3 Å². The van der Waals surface area contributed by atoms with Gasteiger partial charge in [-0.05, 0) is 42.6 Å². The molecule has 3 heteroatoms. The van der Waals surface area contributed by atoms with Crippen LogP contribution in [-0.2, 0) is 17.9 Å². The third kappa shape index (κ3) is 7.62. The van der Waals surface area contributed by atoms with E-state index in [1.54, 1.807) is 0 Å². The molecule has 0 saturated carbocycles. The van der Waals surface area contributed by atoms with E-state index in [1.165, 1.54) is 17.5 Å². The molecule has 0 fully saturated rings. The predicted molar refractivity (Wildman–Crippen MR) is 99.3 cm³/mol. The van der Waals surface area contributed by atoms with Crippen LogP contribution in [0.2, 0.25) is 0 Å². The topological polar surface area (TPSA) is 30.5 Å². The second-order valence-electron chi connectivity index (χ2n) is 5.91. The highest BCUT2D eigenvalue weighted by atomic mass is 16.5. The van der Waals surface area contributed by atoms with E-state index in [9.17, 15) is 0 Å². The van der Waals surface area contributed by atoms with Crippen LogP contribution in [0.5, 0.6) is 5.75 Å². The number of ether oxygens (including phenoxy) is 2. The summed E-state index contributed by atoms with van der Waals surface area (Å²) in [4.78, 5) is 0. The van der Waals surface area contributed by atoms with Crippen molar-refractivity contribution in [2.75, 3.05) is 19.8 Å². The molecule has 0 aliphatic carbocycles. The Bertz CT molecular complexity index is 540. The fourth-order valence-corrected chi connectivity index (χ4v) is 2.32. The average molecular weight is 327 g/mol. The van der Waals surface area contributed by atoms with E-state index >= 15 is 0 Å². The van der Waals surface area contributed by atoms with Gasteiger partial charge in [-0.1, -0.05) is 55.8 Å². The Hall–Kier alpha value is -1.84. The van der Waals surface area contributed by atoms with E-state index in [4.69, 9.17) is 9.47 Å². The molecule has 0 bridgehead atoms. The number of hydrogen-bond acceptors (Lipinski definition) is 3. The molecule has 2 aromatic carbocycles. The fraction of sp³-hybridized carbons (Fsp3) is 0.429. The first-order valence-corrected chi connectivity index (χ1v) is 8.92. The molecule has 0 amide bonds. The van der Waals surface area contributed by atoms with Gasteiger partial charge in [0.05, 0.1) is 0 Å². The first kappa shape index (κ1) is 18.5. The average Bonchev–Trinajstić information content (AvgIpc) is 2.64. The molecule has 130 valence electrons. The molecule has 0 aliphatic rings. The van der Waals surface area contributed by atoms with Crippen molar-refractivity contribution in [3.63, 3.8) is 0 Å². The zero-order valence-electron chi connectivity index (χ0n) is 14.7. The van der Waals surface area contributed by atoms with E-state index < -0.39 is 0 Å².